The molecule has 6 heteroatoms. The van der Waals surface area contributed by atoms with Crippen molar-refractivity contribution in [3.05, 3.63) is 40.1 Å². The van der Waals surface area contributed by atoms with Gasteiger partial charge in [0, 0.05) is 42.2 Å². The van der Waals surface area contributed by atoms with Crippen molar-refractivity contribution >= 4 is 38.0 Å². The van der Waals surface area contributed by atoms with Gasteiger partial charge < -0.3 is 9.88 Å². The van der Waals surface area contributed by atoms with Crippen molar-refractivity contribution in [3.63, 3.8) is 0 Å². The van der Waals surface area contributed by atoms with Crippen molar-refractivity contribution in [2.75, 3.05) is 6.54 Å². The number of aryl methyl sites for hydroxylation is 3. The fourth-order valence-electron chi connectivity index (χ4n) is 2.57. The Morgan fingerprint density at radius 2 is 2.13 bits per heavy atom. The molecule has 122 valence electrons. The summed E-state index contributed by atoms with van der Waals surface area (Å²) in [4.78, 5) is 18.7. The van der Waals surface area contributed by atoms with Crippen molar-refractivity contribution in [3.8, 4) is 0 Å². The summed E-state index contributed by atoms with van der Waals surface area (Å²) in [6.07, 6.45) is 6.74. The Labute approximate surface area is 144 Å². The molecule has 4 nitrogen and oxygen atoms in total. The number of amides is 1. The molecule has 0 aliphatic rings. The first-order valence-electron chi connectivity index (χ1n) is 8.01. The van der Waals surface area contributed by atoms with E-state index in [9.17, 15) is 4.79 Å². The van der Waals surface area contributed by atoms with Crippen LogP contribution < -0.4 is 5.32 Å². The maximum atomic E-state index is 12.2. The Morgan fingerprint density at radius 3 is 2.87 bits per heavy atom. The molecule has 0 aromatic carbocycles. The lowest BCUT2D eigenvalue weighted by Gasteiger charge is -2.07. The van der Waals surface area contributed by atoms with E-state index in [0.717, 1.165) is 36.5 Å². The molecule has 0 fully saturated rings. The number of rotatable bonds is 7. The third-order valence-electron chi connectivity index (χ3n) is 3.82. The van der Waals surface area contributed by atoms with E-state index in [4.69, 9.17) is 0 Å². The standard InChI is InChI=1S/C17H21N3OS2/c1-3-13-10-12-11-14(23-17(12)22-13)16(21)19-6-5-8-20-9-7-18-15(20)4-2/h7,9-11H,3-6,8H2,1-2H3,(H,19,21). The van der Waals surface area contributed by atoms with Gasteiger partial charge in [-0.05, 0) is 25.0 Å². The van der Waals surface area contributed by atoms with Gasteiger partial charge in [-0.1, -0.05) is 13.8 Å². The highest BCUT2D eigenvalue weighted by Gasteiger charge is 2.12. The summed E-state index contributed by atoms with van der Waals surface area (Å²) in [5.41, 5.74) is 0. The minimum absolute atomic E-state index is 0.0396. The monoisotopic (exact) mass is 347 g/mol. The number of thiophene rings is 2. The second-order valence-electron chi connectivity index (χ2n) is 5.42. The summed E-state index contributed by atoms with van der Waals surface area (Å²) in [7, 11) is 0. The second-order valence-corrected chi connectivity index (χ2v) is 7.87. The third-order valence-corrected chi connectivity index (χ3v) is 6.35. The third kappa shape index (κ3) is 3.64. The Morgan fingerprint density at radius 1 is 1.26 bits per heavy atom. The van der Waals surface area contributed by atoms with E-state index >= 15 is 0 Å². The van der Waals surface area contributed by atoms with Crippen LogP contribution in [0.1, 0.15) is 40.6 Å². The van der Waals surface area contributed by atoms with Gasteiger partial charge in [0.05, 0.1) is 8.89 Å². The molecule has 0 bridgehead atoms. The van der Waals surface area contributed by atoms with Gasteiger partial charge in [-0.3, -0.25) is 4.79 Å². The Bertz CT molecular complexity index is 768. The average molecular weight is 348 g/mol. The molecule has 0 saturated carbocycles. The van der Waals surface area contributed by atoms with E-state index in [0.29, 0.717) is 6.54 Å². The predicted octanol–water partition coefficient (Wildman–Crippen LogP) is 4.10. The lowest BCUT2D eigenvalue weighted by atomic mass is 10.3. The van der Waals surface area contributed by atoms with Crippen LogP contribution in [-0.2, 0) is 19.4 Å². The molecule has 3 aromatic heterocycles. The van der Waals surface area contributed by atoms with E-state index in [2.05, 4.69) is 34.8 Å². The molecule has 0 radical (unpaired) electrons. The van der Waals surface area contributed by atoms with Crippen LogP contribution in [0.15, 0.2) is 24.5 Å². The molecular weight excluding hydrogens is 326 g/mol. The first-order valence-corrected chi connectivity index (χ1v) is 9.65. The zero-order valence-corrected chi connectivity index (χ0v) is 15.1. The van der Waals surface area contributed by atoms with E-state index in [-0.39, 0.29) is 5.91 Å². The Hall–Kier alpha value is -1.66. The van der Waals surface area contributed by atoms with Crippen molar-refractivity contribution in [2.45, 2.75) is 39.7 Å². The molecule has 0 spiro atoms. The van der Waals surface area contributed by atoms with Crippen LogP contribution in [0, 0.1) is 0 Å². The van der Waals surface area contributed by atoms with Gasteiger partial charge in [-0.2, -0.15) is 0 Å². The van der Waals surface area contributed by atoms with Crippen molar-refractivity contribution in [1.82, 2.24) is 14.9 Å². The van der Waals surface area contributed by atoms with E-state index in [1.54, 1.807) is 22.7 Å². The number of aromatic nitrogens is 2. The number of hydrogen-bond acceptors (Lipinski definition) is 4. The Balaban J connectivity index is 1.51. The normalized spacial score (nSPS) is 11.2. The maximum absolute atomic E-state index is 12.2. The zero-order chi connectivity index (χ0) is 16.2. The van der Waals surface area contributed by atoms with Crippen molar-refractivity contribution in [1.29, 1.82) is 0 Å². The smallest absolute Gasteiger partial charge is 0.261 e. The fraction of sp³-hybridized carbons (Fsp3) is 0.412. The second kappa shape index (κ2) is 7.27. The molecule has 1 N–H and O–H groups in total. The molecule has 0 aliphatic heterocycles. The topological polar surface area (TPSA) is 46.9 Å². The summed E-state index contributed by atoms with van der Waals surface area (Å²) in [6, 6.07) is 4.20. The van der Waals surface area contributed by atoms with E-state index < -0.39 is 0 Å². The van der Waals surface area contributed by atoms with Gasteiger partial charge in [-0.15, -0.1) is 22.7 Å². The van der Waals surface area contributed by atoms with Crippen LogP contribution in [0.5, 0.6) is 0 Å². The summed E-state index contributed by atoms with van der Waals surface area (Å²) in [5, 5.41) is 4.22. The number of fused-ring (bicyclic) bond motifs is 1. The minimum atomic E-state index is 0.0396. The molecule has 23 heavy (non-hydrogen) atoms. The summed E-state index contributed by atoms with van der Waals surface area (Å²) >= 11 is 3.39. The van der Waals surface area contributed by atoms with Crippen LogP contribution in [-0.4, -0.2) is 22.0 Å². The number of nitrogens with one attached hydrogen (secondary N) is 1. The fourth-order valence-corrected chi connectivity index (χ4v) is 4.92. The molecule has 3 rings (SSSR count). The largest absolute Gasteiger partial charge is 0.351 e. The minimum Gasteiger partial charge on any atom is -0.351 e. The maximum Gasteiger partial charge on any atom is 0.261 e. The average Bonchev–Trinajstić information content (AvgIpc) is 3.24. The molecule has 3 aromatic rings. The number of hydrogen-bond donors (Lipinski definition) is 1. The van der Waals surface area contributed by atoms with Gasteiger partial charge >= 0.3 is 0 Å². The molecule has 0 aliphatic carbocycles. The van der Waals surface area contributed by atoms with Crippen LogP contribution in [0.2, 0.25) is 0 Å². The number of nitrogens with zero attached hydrogens (tertiary/aromatic N) is 2. The molecule has 0 saturated heterocycles. The van der Waals surface area contributed by atoms with Gasteiger partial charge in [-0.25, -0.2) is 4.98 Å². The summed E-state index contributed by atoms with van der Waals surface area (Å²) in [5.74, 6) is 1.14. The van der Waals surface area contributed by atoms with Crippen molar-refractivity contribution < 1.29 is 4.79 Å². The summed E-state index contributed by atoms with van der Waals surface area (Å²) in [6.45, 7) is 5.84. The number of carbonyl (C=O) groups is 1. The first kappa shape index (κ1) is 16.2. The van der Waals surface area contributed by atoms with E-state index in [1.807, 2.05) is 18.5 Å². The lowest BCUT2D eigenvalue weighted by molar-refractivity contribution is 0.0957. The highest BCUT2D eigenvalue weighted by atomic mass is 32.2. The summed E-state index contributed by atoms with van der Waals surface area (Å²) < 4.78 is 3.40. The van der Waals surface area contributed by atoms with Crippen LogP contribution in [0.25, 0.3) is 9.40 Å². The van der Waals surface area contributed by atoms with Crippen LogP contribution in [0.4, 0.5) is 0 Å². The SMILES string of the molecule is CCc1cc2cc(C(=O)NCCCn3ccnc3CC)sc2s1. The van der Waals surface area contributed by atoms with Gasteiger partial charge in [0.2, 0.25) is 0 Å². The predicted molar refractivity (Wildman–Crippen MR) is 97.6 cm³/mol. The number of imidazole rings is 1. The molecule has 0 unspecified atom stereocenters. The molecule has 3 heterocycles. The number of carbonyl (C=O) groups excluding carboxylic acids is 1. The van der Waals surface area contributed by atoms with Crippen LogP contribution >= 0.6 is 22.7 Å². The molecule has 1 amide bonds. The zero-order valence-electron chi connectivity index (χ0n) is 13.5. The van der Waals surface area contributed by atoms with Gasteiger partial charge in [0.1, 0.15) is 5.82 Å². The molecule has 0 atom stereocenters. The quantitative estimate of drug-likeness (QED) is 0.654. The van der Waals surface area contributed by atoms with E-state index in [1.165, 1.54) is 14.3 Å². The van der Waals surface area contributed by atoms with Crippen molar-refractivity contribution in [2.24, 2.45) is 0 Å². The Kier molecular flexibility index (Phi) is 5.13. The first-order chi connectivity index (χ1) is 11.2. The molecular formula is C17H21N3OS2. The van der Waals surface area contributed by atoms with Crippen LogP contribution in [0.3, 0.4) is 0 Å². The van der Waals surface area contributed by atoms with Gasteiger partial charge in [0.25, 0.3) is 5.91 Å². The highest BCUT2D eigenvalue weighted by Crippen LogP contribution is 2.33. The van der Waals surface area contributed by atoms with Gasteiger partial charge in [0.15, 0.2) is 0 Å². The lowest BCUT2D eigenvalue weighted by Crippen LogP contribution is -2.24. The highest BCUT2D eigenvalue weighted by molar-refractivity contribution is 7.39.